The molecule has 5 heteroatoms. The van der Waals surface area contributed by atoms with Crippen molar-refractivity contribution >= 4 is 28.9 Å². The number of benzene rings is 3. The molecular formula is C23H21ClN2O2. The molecule has 4 rings (SSSR count). The lowest BCUT2D eigenvalue weighted by Gasteiger charge is -2.29. The van der Waals surface area contributed by atoms with E-state index in [1.165, 1.54) is 0 Å². The van der Waals surface area contributed by atoms with Crippen LogP contribution < -0.4 is 15.0 Å². The molecule has 1 atom stereocenters. The molecule has 3 aromatic rings. The van der Waals surface area contributed by atoms with Gasteiger partial charge in [0.25, 0.3) is 5.91 Å². The lowest BCUT2D eigenvalue weighted by molar-refractivity contribution is 0.0992. The highest BCUT2D eigenvalue weighted by atomic mass is 35.5. The predicted molar refractivity (Wildman–Crippen MR) is 114 cm³/mol. The van der Waals surface area contributed by atoms with Gasteiger partial charge in [-0.25, -0.2) is 0 Å². The van der Waals surface area contributed by atoms with Crippen molar-refractivity contribution in [3.8, 4) is 5.75 Å². The summed E-state index contributed by atoms with van der Waals surface area (Å²) in [5, 5.41) is 4.15. The van der Waals surface area contributed by atoms with Crippen LogP contribution in [0.2, 0.25) is 5.02 Å². The molecule has 0 fully saturated rings. The van der Waals surface area contributed by atoms with Gasteiger partial charge in [-0.1, -0.05) is 48.0 Å². The second-order valence-electron chi connectivity index (χ2n) is 6.90. The number of methoxy groups -OCH3 is 1. The van der Waals surface area contributed by atoms with Gasteiger partial charge in [-0.15, -0.1) is 0 Å². The van der Waals surface area contributed by atoms with Crippen molar-refractivity contribution in [2.75, 3.05) is 17.3 Å². The molecule has 0 saturated heterocycles. The van der Waals surface area contributed by atoms with Crippen molar-refractivity contribution in [3.05, 3.63) is 87.9 Å². The Kier molecular flexibility index (Phi) is 4.73. The summed E-state index contributed by atoms with van der Waals surface area (Å²) in [6.45, 7) is 3.95. The van der Waals surface area contributed by atoms with Crippen LogP contribution in [-0.4, -0.2) is 13.0 Å². The SMILES string of the molecule is COc1cc(Cl)c(C)cc1N[C@@H]1c2ccccc2C(=O)N1c1ccccc1C. The second kappa shape index (κ2) is 7.21. The highest BCUT2D eigenvalue weighted by Crippen LogP contribution is 2.41. The summed E-state index contributed by atoms with van der Waals surface area (Å²) in [5.41, 5.74) is 5.28. The summed E-state index contributed by atoms with van der Waals surface area (Å²) >= 11 is 6.26. The number of aryl methyl sites for hydroxylation is 2. The van der Waals surface area contributed by atoms with Crippen LogP contribution in [-0.2, 0) is 0 Å². The average Bonchev–Trinajstić information content (AvgIpc) is 2.97. The standard InChI is InChI=1S/C23H21ClN2O2/c1-14-8-4-7-11-20(14)26-22(16-9-5-6-10-17(16)23(26)27)25-19-12-15(2)18(24)13-21(19)28-3/h4-13,22,25H,1-3H3/t22-/m0/s1. The lowest BCUT2D eigenvalue weighted by atomic mass is 10.1. The van der Waals surface area contributed by atoms with Crippen molar-refractivity contribution in [2.24, 2.45) is 0 Å². The van der Waals surface area contributed by atoms with E-state index in [2.05, 4.69) is 5.32 Å². The van der Waals surface area contributed by atoms with Crippen molar-refractivity contribution in [2.45, 2.75) is 20.0 Å². The molecule has 1 aliphatic heterocycles. The number of anilines is 2. The fraction of sp³-hybridized carbons (Fsp3) is 0.174. The van der Waals surface area contributed by atoms with E-state index in [9.17, 15) is 4.79 Å². The monoisotopic (exact) mass is 392 g/mol. The van der Waals surface area contributed by atoms with E-state index in [-0.39, 0.29) is 12.1 Å². The first kappa shape index (κ1) is 18.4. The molecule has 1 N–H and O–H groups in total. The third-order valence-corrected chi connectivity index (χ3v) is 5.52. The number of rotatable bonds is 4. The van der Waals surface area contributed by atoms with Gasteiger partial charge >= 0.3 is 0 Å². The summed E-state index contributed by atoms with van der Waals surface area (Å²) < 4.78 is 5.52. The number of carbonyl (C=O) groups excluding carboxylic acids is 1. The van der Waals surface area contributed by atoms with E-state index in [0.29, 0.717) is 16.3 Å². The normalized spacial score (nSPS) is 15.5. The molecule has 0 aromatic heterocycles. The maximum Gasteiger partial charge on any atom is 0.260 e. The van der Waals surface area contributed by atoms with Crippen LogP contribution in [0.25, 0.3) is 0 Å². The molecule has 1 amide bonds. The van der Waals surface area contributed by atoms with Gasteiger partial charge in [0, 0.05) is 27.9 Å². The fourth-order valence-electron chi connectivity index (χ4n) is 3.63. The number of amides is 1. The Bertz CT molecular complexity index is 1060. The average molecular weight is 393 g/mol. The number of ether oxygens (including phenoxy) is 1. The van der Waals surface area contributed by atoms with Gasteiger partial charge in [-0.05, 0) is 43.2 Å². The number of nitrogens with one attached hydrogen (secondary N) is 1. The molecule has 1 heterocycles. The van der Waals surface area contributed by atoms with Crippen LogP contribution in [0, 0.1) is 13.8 Å². The topological polar surface area (TPSA) is 41.6 Å². The van der Waals surface area contributed by atoms with Crippen LogP contribution in [0.4, 0.5) is 11.4 Å². The Morgan fingerprint density at radius 2 is 1.71 bits per heavy atom. The highest BCUT2D eigenvalue weighted by molar-refractivity contribution is 6.31. The van der Waals surface area contributed by atoms with E-state index >= 15 is 0 Å². The van der Waals surface area contributed by atoms with Gasteiger partial charge in [-0.3, -0.25) is 9.69 Å². The minimum atomic E-state index is -0.348. The fourth-order valence-corrected chi connectivity index (χ4v) is 3.79. The zero-order chi connectivity index (χ0) is 19.8. The summed E-state index contributed by atoms with van der Waals surface area (Å²) in [5.74, 6) is 0.615. The van der Waals surface area contributed by atoms with Crippen LogP contribution >= 0.6 is 11.6 Å². The third-order valence-electron chi connectivity index (χ3n) is 5.11. The molecule has 0 saturated carbocycles. The molecule has 28 heavy (non-hydrogen) atoms. The Labute approximate surface area is 169 Å². The maximum absolute atomic E-state index is 13.3. The Morgan fingerprint density at radius 3 is 2.46 bits per heavy atom. The first-order valence-corrected chi connectivity index (χ1v) is 9.48. The first-order valence-electron chi connectivity index (χ1n) is 9.10. The summed E-state index contributed by atoms with van der Waals surface area (Å²) in [7, 11) is 1.61. The van der Waals surface area contributed by atoms with Crippen molar-refractivity contribution in [1.82, 2.24) is 0 Å². The van der Waals surface area contributed by atoms with Crippen LogP contribution in [0.1, 0.15) is 33.2 Å². The number of fused-ring (bicyclic) bond motifs is 1. The quantitative estimate of drug-likeness (QED) is 0.615. The van der Waals surface area contributed by atoms with E-state index in [1.807, 2.05) is 73.3 Å². The number of carbonyl (C=O) groups is 1. The molecule has 0 spiro atoms. The van der Waals surface area contributed by atoms with Crippen molar-refractivity contribution in [1.29, 1.82) is 0 Å². The minimum Gasteiger partial charge on any atom is -0.495 e. The third kappa shape index (κ3) is 3.00. The number of para-hydroxylation sites is 1. The molecule has 4 nitrogen and oxygen atoms in total. The number of halogens is 1. The number of hydrogen-bond donors (Lipinski definition) is 1. The lowest BCUT2D eigenvalue weighted by Crippen LogP contribution is -2.32. The molecule has 0 bridgehead atoms. The highest BCUT2D eigenvalue weighted by Gasteiger charge is 2.38. The Morgan fingerprint density at radius 1 is 1.00 bits per heavy atom. The van der Waals surface area contributed by atoms with E-state index < -0.39 is 0 Å². The van der Waals surface area contributed by atoms with Gasteiger partial charge in [0.15, 0.2) is 0 Å². The molecule has 3 aromatic carbocycles. The van der Waals surface area contributed by atoms with E-state index in [0.717, 1.165) is 28.1 Å². The molecule has 0 unspecified atom stereocenters. The predicted octanol–water partition coefficient (Wildman–Crippen LogP) is 5.74. The van der Waals surface area contributed by atoms with Gasteiger partial charge in [-0.2, -0.15) is 0 Å². The Balaban J connectivity index is 1.84. The largest absolute Gasteiger partial charge is 0.495 e. The van der Waals surface area contributed by atoms with Gasteiger partial charge in [0.1, 0.15) is 11.9 Å². The molecule has 142 valence electrons. The second-order valence-corrected chi connectivity index (χ2v) is 7.30. The van der Waals surface area contributed by atoms with Crippen LogP contribution in [0.5, 0.6) is 5.75 Å². The van der Waals surface area contributed by atoms with E-state index in [1.54, 1.807) is 13.2 Å². The zero-order valence-electron chi connectivity index (χ0n) is 16.0. The van der Waals surface area contributed by atoms with Crippen LogP contribution in [0.3, 0.4) is 0 Å². The minimum absolute atomic E-state index is 0.0212. The van der Waals surface area contributed by atoms with Gasteiger partial charge in [0.05, 0.1) is 12.8 Å². The van der Waals surface area contributed by atoms with Gasteiger partial charge < -0.3 is 10.1 Å². The van der Waals surface area contributed by atoms with Crippen LogP contribution in [0.15, 0.2) is 60.7 Å². The van der Waals surface area contributed by atoms with Crippen molar-refractivity contribution < 1.29 is 9.53 Å². The summed E-state index contributed by atoms with van der Waals surface area (Å²) in [6.07, 6.45) is -0.348. The summed E-state index contributed by atoms with van der Waals surface area (Å²) in [6, 6.07) is 19.3. The Hall–Kier alpha value is -2.98. The maximum atomic E-state index is 13.3. The molecular weight excluding hydrogens is 372 g/mol. The molecule has 0 aliphatic carbocycles. The zero-order valence-corrected chi connectivity index (χ0v) is 16.7. The first-order chi connectivity index (χ1) is 13.5. The van der Waals surface area contributed by atoms with Gasteiger partial charge in [0.2, 0.25) is 0 Å². The van der Waals surface area contributed by atoms with Crippen molar-refractivity contribution in [3.63, 3.8) is 0 Å². The smallest absolute Gasteiger partial charge is 0.260 e. The summed E-state index contributed by atoms with van der Waals surface area (Å²) in [4.78, 5) is 15.1. The molecule has 0 radical (unpaired) electrons. The molecule has 1 aliphatic rings. The number of hydrogen-bond acceptors (Lipinski definition) is 3. The van der Waals surface area contributed by atoms with E-state index in [4.69, 9.17) is 16.3 Å². The number of nitrogens with zero attached hydrogens (tertiary/aromatic N) is 1.